The van der Waals surface area contributed by atoms with E-state index in [-0.39, 0.29) is 17.8 Å². The highest BCUT2D eigenvalue weighted by Gasteiger charge is 2.37. The smallest absolute Gasteiger partial charge is 0.337 e. The molecule has 0 aliphatic rings. The van der Waals surface area contributed by atoms with Crippen LogP contribution in [-0.2, 0) is 23.2 Å². The predicted molar refractivity (Wildman–Crippen MR) is 84.3 cm³/mol. The molecule has 0 aliphatic heterocycles. The van der Waals surface area contributed by atoms with E-state index in [4.69, 9.17) is 13.6 Å². The third-order valence-corrected chi connectivity index (χ3v) is 7.61. The lowest BCUT2D eigenvalue weighted by Gasteiger charge is -2.31. The van der Waals surface area contributed by atoms with Crippen molar-refractivity contribution in [2.24, 2.45) is 11.8 Å². The van der Waals surface area contributed by atoms with Crippen molar-refractivity contribution in [3.8, 4) is 0 Å². The molecular weight excluding hydrogens is 288 g/mol. The Balaban J connectivity index is 4.88. The van der Waals surface area contributed by atoms with Crippen LogP contribution in [-0.4, -0.2) is 41.1 Å². The van der Waals surface area contributed by atoms with Gasteiger partial charge in [-0.2, -0.15) is 0 Å². The highest BCUT2D eigenvalue weighted by atomic mass is 28.4. The van der Waals surface area contributed by atoms with E-state index in [0.717, 1.165) is 18.4 Å². The van der Waals surface area contributed by atoms with Gasteiger partial charge in [-0.25, -0.2) is 0 Å². The average molecular weight is 318 g/mol. The van der Waals surface area contributed by atoms with E-state index in [1.807, 2.05) is 20.8 Å². The second-order valence-corrected chi connectivity index (χ2v) is 8.78. The van der Waals surface area contributed by atoms with Crippen molar-refractivity contribution in [1.29, 1.82) is 0 Å². The van der Waals surface area contributed by atoms with Gasteiger partial charge in [-0.1, -0.05) is 13.8 Å². The number of esters is 1. The molecule has 2 unspecified atom stereocenters. The van der Waals surface area contributed by atoms with Crippen LogP contribution in [0.25, 0.3) is 0 Å². The number of rotatable bonds is 12. The molecule has 21 heavy (non-hydrogen) atoms. The summed E-state index contributed by atoms with van der Waals surface area (Å²) in [7, 11) is -0.868. The third-order valence-electron chi connectivity index (χ3n) is 3.85. The first-order valence-electron chi connectivity index (χ1n) is 7.79. The van der Waals surface area contributed by atoms with Gasteiger partial charge < -0.3 is 18.4 Å². The minimum atomic E-state index is -2.26. The predicted octanol–water partition coefficient (Wildman–Crippen LogP) is 2.93. The maximum atomic E-state index is 11.9. The van der Waals surface area contributed by atoms with Gasteiger partial charge in [0.25, 0.3) is 0 Å². The Bertz CT molecular complexity index is 302. The fourth-order valence-electron chi connectivity index (χ4n) is 2.57. The molecule has 2 atom stereocenters. The van der Waals surface area contributed by atoms with E-state index < -0.39 is 8.56 Å². The fraction of sp³-hybridized carbons (Fsp3) is 0.867. The minimum Gasteiger partial charge on any atom is -0.469 e. The summed E-state index contributed by atoms with van der Waals surface area (Å²) in [5.74, 6) is -0.558. The van der Waals surface area contributed by atoms with E-state index in [1.165, 1.54) is 7.11 Å². The molecule has 0 N–H and O–H groups in total. The molecule has 0 amide bonds. The van der Waals surface area contributed by atoms with Crippen LogP contribution in [0, 0.1) is 11.8 Å². The summed E-state index contributed by atoms with van der Waals surface area (Å²) in [5.41, 5.74) is 0. The first-order valence-corrected chi connectivity index (χ1v) is 10.0. The van der Waals surface area contributed by atoms with Crippen LogP contribution >= 0.6 is 0 Å². The molecule has 6 heteroatoms. The highest BCUT2D eigenvalue weighted by molar-refractivity contribution is 6.67. The molecule has 5 nitrogen and oxygen atoms in total. The van der Waals surface area contributed by atoms with Gasteiger partial charge in [0.2, 0.25) is 0 Å². The molecule has 0 rings (SSSR count). The molecular formula is C15H30O5Si. The zero-order valence-corrected chi connectivity index (χ0v) is 15.0. The van der Waals surface area contributed by atoms with Gasteiger partial charge in [0, 0.05) is 19.6 Å². The van der Waals surface area contributed by atoms with Crippen molar-refractivity contribution in [3.05, 3.63) is 0 Å². The quantitative estimate of drug-likeness (QED) is 0.314. The van der Waals surface area contributed by atoms with E-state index in [2.05, 4.69) is 6.92 Å². The van der Waals surface area contributed by atoms with Crippen molar-refractivity contribution < 1.29 is 23.2 Å². The molecule has 0 aromatic rings. The molecule has 0 heterocycles. The first kappa shape index (κ1) is 20.3. The van der Waals surface area contributed by atoms with Crippen LogP contribution in [0.1, 0.15) is 40.5 Å². The highest BCUT2D eigenvalue weighted by Crippen LogP contribution is 2.28. The van der Waals surface area contributed by atoms with Gasteiger partial charge in [0.1, 0.15) is 6.29 Å². The number of carbonyl (C=O) groups excluding carboxylic acids is 2. The second kappa shape index (κ2) is 10.9. The molecule has 0 aromatic heterocycles. The Hall–Kier alpha value is -0.723. The largest absolute Gasteiger partial charge is 0.469 e. The molecule has 0 fully saturated rings. The summed E-state index contributed by atoms with van der Waals surface area (Å²) in [6.07, 6.45) is 1.86. The lowest BCUT2D eigenvalue weighted by atomic mass is 9.89. The van der Waals surface area contributed by atoms with E-state index >= 15 is 0 Å². The summed E-state index contributed by atoms with van der Waals surface area (Å²) in [5, 5.41) is 0. The molecule has 124 valence electrons. The van der Waals surface area contributed by atoms with Gasteiger partial charge in [0.15, 0.2) is 0 Å². The SMILES string of the molecule is CCO[Si](CC)(CCC(C(=O)OC)C(C)CC=O)OCC. The van der Waals surface area contributed by atoms with Crippen LogP contribution in [0.2, 0.25) is 12.1 Å². The van der Waals surface area contributed by atoms with Gasteiger partial charge >= 0.3 is 14.5 Å². The molecule has 0 saturated carbocycles. The summed E-state index contributed by atoms with van der Waals surface area (Å²) in [6, 6.07) is 1.60. The topological polar surface area (TPSA) is 61.8 Å². The van der Waals surface area contributed by atoms with E-state index in [1.54, 1.807) is 0 Å². The van der Waals surface area contributed by atoms with Gasteiger partial charge in [0.05, 0.1) is 13.0 Å². The van der Waals surface area contributed by atoms with Gasteiger partial charge in [-0.15, -0.1) is 0 Å². The summed E-state index contributed by atoms with van der Waals surface area (Å²) in [4.78, 5) is 22.6. The molecule has 0 spiro atoms. The Labute approximate surface area is 129 Å². The second-order valence-electron chi connectivity index (χ2n) is 5.18. The zero-order chi connectivity index (χ0) is 16.3. The van der Waals surface area contributed by atoms with Crippen molar-refractivity contribution in [2.75, 3.05) is 20.3 Å². The monoisotopic (exact) mass is 318 g/mol. The van der Waals surface area contributed by atoms with Crippen molar-refractivity contribution in [2.45, 2.75) is 52.6 Å². The minimum absolute atomic E-state index is 0.0261. The molecule has 0 aliphatic carbocycles. The standard InChI is InChI=1S/C15H30O5Si/c1-6-19-21(8-3,20-7-2)12-10-14(15(17)18-5)13(4)9-11-16/h11,13-14H,6-10,12H2,1-5H3. The molecule has 0 aromatic carbocycles. The van der Waals surface area contributed by atoms with Crippen LogP contribution in [0.4, 0.5) is 0 Å². The van der Waals surface area contributed by atoms with Gasteiger partial charge in [-0.3, -0.25) is 4.79 Å². The molecule has 0 bridgehead atoms. The molecule has 0 saturated heterocycles. The van der Waals surface area contributed by atoms with Crippen LogP contribution in [0.15, 0.2) is 0 Å². The average Bonchev–Trinajstić information content (AvgIpc) is 2.47. The Morgan fingerprint density at radius 1 is 1.19 bits per heavy atom. The number of aldehydes is 1. The maximum Gasteiger partial charge on any atom is 0.337 e. The Morgan fingerprint density at radius 2 is 1.76 bits per heavy atom. The summed E-state index contributed by atoms with van der Waals surface area (Å²) >= 11 is 0. The van der Waals surface area contributed by atoms with Crippen molar-refractivity contribution in [3.63, 3.8) is 0 Å². The van der Waals surface area contributed by atoms with Crippen LogP contribution in [0.5, 0.6) is 0 Å². The van der Waals surface area contributed by atoms with Gasteiger partial charge in [-0.05, 0) is 38.3 Å². The normalized spacial score (nSPS) is 14.5. The summed E-state index contributed by atoms with van der Waals surface area (Å²) < 4.78 is 16.7. The number of ether oxygens (including phenoxy) is 1. The maximum absolute atomic E-state index is 11.9. The van der Waals surface area contributed by atoms with E-state index in [0.29, 0.717) is 26.1 Å². The van der Waals surface area contributed by atoms with Crippen molar-refractivity contribution >= 4 is 20.8 Å². The molecule has 0 radical (unpaired) electrons. The van der Waals surface area contributed by atoms with Crippen molar-refractivity contribution in [1.82, 2.24) is 0 Å². The fourth-order valence-corrected chi connectivity index (χ4v) is 5.51. The van der Waals surface area contributed by atoms with E-state index in [9.17, 15) is 9.59 Å². The lowest BCUT2D eigenvalue weighted by molar-refractivity contribution is -0.147. The Kier molecular flexibility index (Phi) is 10.5. The number of carbonyl (C=O) groups is 2. The first-order chi connectivity index (χ1) is 10.00. The number of methoxy groups -OCH3 is 1. The lowest BCUT2D eigenvalue weighted by Crippen LogP contribution is -2.42. The van der Waals surface area contributed by atoms with Crippen LogP contribution < -0.4 is 0 Å². The van der Waals surface area contributed by atoms with Crippen LogP contribution in [0.3, 0.4) is 0 Å². The number of hydrogen-bond donors (Lipinski definition) is 0. The third kappa shape index (κ3) is 6.71. The Morgan fingerprint density at radius 3 is 2.14 bits per heavy atom. The number of hydrogen-bond acceptors (Lipinski definition) is 5. The summed E-state index contributed by atoms with van der Waals surface area (Å²) in [6.45, 7) is 9.14. The zero-order valence-electron chi connectivity index (χ0n) is 14.0.